The number of nitrogens with zero attached hydrogens (tertiary/aromatic N) is 3. The van der Waals surface area contributed by atoms with E-state index < -0.39 is 11.9 Å². The molecule has 0 aliphatic carbocycles. The van der Waals surface area contributed by atoms with Gasteiger partial charge < -0.3 is 9.80 Å². The molecular weight excluding hydrogens is 310 g/mol. The van der Waals surface area contributed by atoms with E-state index in [1.165, 1.54) is 24.4 Å². The number of anilines is 2. The maximum absolute atomic E-state index is 12.9. The van der Waals surface area contributed by atoms with Crippen LogP contribution in [-0.4, -0.2) is 31.2 Å². The molecule has 1 saturated heterocycles. The minimum atomic E-state index is -4.42. The van der Waals surface area contributed by atoms with Crippen LogP contribution in [0.2, 0.25) is 0 Å². The van der Waals surface area contributed by atoms with Gasteiger partial charge in [-0.1, -0.05) is 0 Å². The number of halogens is 4. The SMILES string of the molecule is Fc1ccc(N2CCN(c3ccc(C(F)(F)F)nc3)CC2)cc1. The van der Waals surface area contributed by atoms with Crippen molar-refractivity contribution in [2.75, 3.05) is 36.0 Å². The number of hydrogen-bond donors (Lipinski definition) is 0. The number of piperazine rings is 1. The summed E-state index contributed by atoms with van der Waals surface area (Å²) in [6.07, 6.45) is -3.16. The molecular formula is C16H15F4N3. The van der Waals surface area contributed by atoms with Crippen LogP contribution in [0.3, 0.4) is 0 Å². The lowest BCUT2D eigenvalue weighted by atomic mass is 10.2. The minimum absolute atomic E-state index is 0.275. The molecule has 1 aliphatic heterocycles. The maximum atomic E-state index is 12.9. The third-order valence-electron chi connectivity index (χ3n) is 3.87. The molecule has 0 spiro atoms. The van der Waals surface area contributed by atoms with Crippen LogP contribution in [0.5, 0.6) is 0 Å². The fraction of sp³-hybridized carbons (Fsp3) is 0.312. The Morgan fingerprint density at radius 3 is 1.78 bits per heavy atom. The molecule has 0 N–H and O–H groups in total. The zero-order valence-corrected chi connectivity index (χ0v) is 12.2. The summed E-state index contributed by atoms with van der Waals surface area (Å²) in [4.78, 5) is 7.60. The summed E-state index contributed by atoms with van der Waals surface area (Å²) in [5.74, 6) is -0.275. The Morgan fingerprint density at radius 2 is 1.30 bits per heavy atom. The summed E-state index contributed by atoms with van der Waals surface area (Å²) >= 11 is 0. The van der Waals surface area contributed by atoms with E-state index in [0.29, 0.717) is 31.9 Å². The first-order chi connectivity index (χ1) is 10.9. The van der Waals surface area contributed by atoms with E-state index in [1.807, 2.05) is 4.90 Å². The van der Waals surface area contributed by atoms with E-state index in [0.717, 1.165) is 11.8 Å². The van der Waals surface area contributed by atoms with Crippen LogP contribution in [-0.2, 0) is 6.18 Å². The Balaban J connectivity index is 1.63. The molecule has 122 valence electrons. The lowest BCUT2D eigenvalue weighted by Crippen LogP contribution is -2.46. The topological polar surface area (TPSA) is 19.4 Å². The minimum Gasteiger partial charge on any atom is -0.368 e. The summed E-state index contributed by atoms with van der Waals surface area (Å²) < 4.78 is 50.5. The van der Waals surface area contributed by atoms with E-state index >= 15 is 0 Å². The van der Waals surface area contributed by atoms with Crippen LogP contribution >= 0.6 is 0 Å². The maximum Gasteiger partial charge on any atom is 0.433 e. The average molecular weight is 325 g/mol. The molecule has 1 aromatic carbocycles. The van der Waals surface area contributed by atoms with E-state index in [9.17, 15) is 17.6 Å². The molecule has 3 rings (SSSR count). The Hall–Kier alpha value is -2.31. The quantitative estimate of drug-likeness (QED) is 0.787. The van der Waals surface area contributed by atoms with Crippen LogP contribution in [0.1, 0.15) is 5.69 Å². The zero-order valence-electron chi connectivity index (χ0n) is 12.2. The number of pyridine rings is 1. The summed E-state index contributed by atoms with van der Waals surface area (Å²) in [6.45, 7) is 2.77. The highest BCUT2D eigenvalue weighted by molar-refractivity contribution is 5.51. The molecule has 2 aromatic rings. The van der Waals surface area contributed by atoms with E-state index in [2.05, 4.69) is 9.88 Å². The van der Waals surface area contributed by atoms with Gasteiger partial charge in [0.05, 0.1) is 11.9 Å². The van der Waals surface area contributed by atoms with Gasteiger partial charge in [-0.05, 0) is 36.4 Å². The van der Waals surface area contributed by atoms with Crippen molar-refractivity contribution in [2.24, 2.45) is 0 Å². The molecule has 0 radical (unpaired) electrons. The molecule has 1 aromatic heterocycles. The Labute approximate surface area is 131 Å². The summed E-state index contributed by atoms with van der Waals surface area (Å²) in [5.41, 5.74) is 0.736. The van der Waals surface area contributed by atoms with Gasteiger partial charge in [0.1, 0.15) is 11.5 Å². The van der Waals surface area contributed by atoms with Gasteiger partial charge in [-0.15, -0.1) is 0 Å². The number of hydrogen-bond acceptors (Lipinski definition) is 3. The van der Waals surface area contributed by atoms with E-state index in [-0.39, 0.29) is 5.82 Å². The fourth-order valence-electron chi connectivity index (χ4n) is 2.62. The smallest absolute Gasteiger partial charge is 0.368 e. The second kappa shape index (κ2) is 6.06. The van der Waals surface area contributed by atoms with Crippen LogP contribution < -0.4 is 9.80 Å². The first-order valence-corrected chi connectivity index (χ1v) is 7.22. The number of aromatic nitrogens is 1. The molecule has 2 heterocycles. The van der Waals surface area contributed by atoms with Gasteiger partial charge in [0.25, 0.3) is 0 Å². The molecule has 0 amide bonds. The molecule has 0 saturated carbocycles. The predicted molar refractivity (Wildman–Crippen MR) is 80.1 cm³/mol. The molecule has 7 heteroatoms. The summed E-state index contributed by atoms with van der Waals surface area (Å²) in [7, 11) is 0. The molecule has 0 atom stereocenters. The van der Waals surface area contributed by atoms with Gasteiger partial charge in [0.2, 0.25) is 0 Å². The lowest BCUT2D eigenvalue weighted by molar-refractivity contribution is -0.141. The van der Waals surface area contributed by atoms with Crippen molar-refractivity contribution in [3.63, 3.8) is 0 Å². The fourth-order valence-corrected chi connectivity index (χ4v) is 2.62. The molecule has 1 aliphatic rings. The highest BCUT2D eigenvalue weighted by Crippen LogP contribution is 2.29. The van der Waals surface area contributed by atoms with Crippen molar-refractivity contribution in [1.82, 2.24) is 4.98 Å². The van der Waals surface area contributed by atoms with Crippen molar-refractivity contribution in [3.05, 3.63) is 54.1 Å². The van der Waals surface area contributed by atoms with E-state index in [4.69, 9.17) is 0 Å². The van der Waals surface area contributed by atoms with Crippen molar-refractivity contribution in [3.8, 4) is 0 Å². The zero-order chi connectivity index (χ0) is 16.4. The molecule has 0 bridgehead atoms. The summed E-state index contributed by atoms with van der Waals surface area (Å²) in [5, 5.41) is 0. The normalized spacial score (nSPS) is 15.8. The van der Waals surface area contributed by atoms with Crippen LogP contribution in [0.4, 0.5) is 28.9 Å². The highest BCUT2D eigenvalue weighted by atomic mass is 19.4. The van der Waals surface area contributed by atoms with E-state index in [1.54, 1.807) is 12.1 Å². The molecule has 0 unspecified atom stereocenters. The van der Waals surface area contributed by atoms with Crippen molar-refractivity contribution >= 4 is 11.4 Å². The molecule has 1 fully saturated rings. The average Bonchev–Trinajstić information content (AvgIpc) is 2.55. The van der Waals surface area contributed by atoms with Crippen LogP contribution in [0.15, 0.2) is 42.6 Å². The Kier molecular flexibility index (Phi) is 4.11. The first kappa shape index (κ1) is 15.6. The largest absolute Gasteiger partial charge is 0.433 e. The van der Waals surface area contributed by atoms with Crippen LogP contribution in [0.25, 0.3) is 0 Å². The number of benzene rings is 1. The standard InChI is InChI=1S/C16H15F4N3/c17-12-1-3-13(4-2-12)22-7-9-23(10-8-22)14-5-6-15(21-11-14)16(18,19)20/h1-6,11H,7-10H2. The van der Waals surface area contributed by atoms with Gasteiger partial charge in [0, 0.05) is 31.9 Å². The lowest BCUT2D eigenvalue weighted by Gasteiger charge is -2.37. The third-order valence-corrected chi connectivity index (χ3v) is 3.87. The van der Waals surface area contributed by atoms with Gasteiger partial charge in [-0.3, -0.25) is 0 Å². The molecule has 23 heavy (non-hydrogen) atoms. The monoisotopic (exact) mass is 325 g/mol. The third kappa shape index (κ3) is 3.55. The number of alkyl halides is 3. The van der Waals surface area contributed by atoms with Crippen molar-refractivity contribution in [1.29, 1.82) is 0 Å². The Bertz CT molecular complexity index is 645. The molecule has 3 nitrogen and oxygen atoms in total. The predicted octanol–water partition coefficient (Wildman–Crippen LogP) is 3.57. The number of rotatable bonds is 2. The van der Waals surface area contributed by atoms with Gasteiger partial charge in [-0.2, -0.15) is 13.2 Å². The van der Waals surface area contributed by atoms with Crippen molar-refractivity contribution in [2.45, 2.75) is 6.18 Å². The van der Waals surface area contributed by atoms with Gasteiger partial charge in [-0.25, -0.2) is 9.37 Å². The highest BCUT2D eigenvalue weighted by Gasteiger charge is 2.32. The van der Waals surface area contributed by atoms with Gasteiger partial charge >= 0.3 is 6.18 Å². The van der Waals surface area contributed by atoms with Gasteiger partial charge in [0.15, 0.2) is 0 Å². The summed E-state index contributed by atoms with van der Waals surface area (Å²) in [6, 6.07) is 8.74. The van der Waals surface area contributed by atoms with Crippen molar-refractivity contribution < 1.29 is 17.6 Å². The second-order valence-corrected chi connectivity index (χ2v) is 5.35. The second-order valence-electron chi connectivity index (χ2n) is 5.35. The van der Waals surface area contributed by atoms with Crippen LogP contribution in [0, 0.1) is 5.82 Å². The Morgan fingerprint density at radius 1 is 0.783 bits per heavy atom. The first-order valence-electron chi connectivity index (χ1n) is 7.22.